The normalized spacial score (nSPS) is 43.7. The molecule has 0 radical (unpaired) electrons. The van der Waals surface area contributed by atoms with Gasteiger partial charge in [-0.05, 0) is 0 Å². The van der Waals surface area contributed by atoms with Gasteiger partial charge in [-0.25, -0.2) is 0 Å². The second-order valence-electron chi connectivity index (χ2n) is 2.40. The van der Waals surface area contributed by atoms with Crippen LogP contribution in [0.4, 0.5) is 0 Å². The fourth-order valence-corrected chi connectivity index (χ4v) is 1.07. The minimum atomic E-state index is -0.718. The maximum atomic E-state index is 9.01. The van der Waals surface area contributed by atoms with Crippen LogP contribution in [0.15, 0.2) is 0 Å². The zero-order valence-corrected chi connectivity index (χ0v) is 5.70. The van der Waals surface area contributed by atoms with Crippen molar-refractivity contribution >= 4 is 0 Å². The zero-order valence-electron chi connectivity index (χ0n) is 5.70. The van der Waals surface area contributed by atoms with E-state index in [4.69, 9.17) is 14.6 Å². The van der Waals surface area contributed by atoms with Gasteiger partial charge in [-0.1, -0.05) is 6.92 Å². The average Bonchev–Trinajstić information content (AvgIpc) is 2.12. The number of hydrogen-bond donors (Lipinski definition) is 1. The number of ether oxygens (including phenoxy) is 2. The van der Waals surface area contributed by atoms with Crippen LogP contribution in [0.3, 0.4) is 0 Å². The number of aliphatic hydroxyl groups is 1. The summed E-state index contributed by atoms with van der Waals surface area (Å²) in [5, 5.41) is 9.01. The van der Waals surface area contributed by atoms with E-state index in [1.54, 1.807) is 7.11 Å². The largest absolute Gasteiger partial charge is 0.376 e. The van der Waals surface area contributed by atoms with Crippen LogP contribution in [0.1, 0.15) is 6.92 Å². The van der Waals surface area contributed by atoms with E-state index in [0.717, 1.165) is 0 Å². The van der Waals surface area contributed by atoms with Crippen LogP contribution in [0.5, 0.6) is 0 Å². The van der Waals surface area contributed by atoms with Crippen molar-refractivity contribution in [1.82, 2.24) is 0 Å². The molecule has 0 aromatic carbocycles. The lowest BCUT2D eigenvalue weighted by Gasteiger charge is -2.13. The lowest BCUT2D eigenvalue weighted by atomic mass is 10.1. The minimum Gasteiger partial charge on any atom is -0.376 e. The zero-order chi connectivity index (χ0) is 6.85. The van der Waals surface area contributed by atoms with E-state index in [1.165, 1.54) is 0 Å². The van der Waals surface area contributed by atoms with Crippen LogP contribution < -0.4 is 0 Å². The molecule has 0 spiro atoms. The monoisotopic (exact) mass is 132 g/mol. The maximum Gasteiger partial charge on any atom is 0.181 e. The molecule has 9 heavy (non-hydrogen) atoms. The van der Waals surface area contributed by atoms with Crippen LogP contribution in [0.2, 0.25) is 0 Å². The summed E-state index contributed by atoms with van der Waals surface area (Å²) < 4.78 is 9.86. The fraction of sp³-hybridized carbons (Fsp3) is 1.00. The van der Waals surface area contributed by atoms with E-state index in [-0.39, 0.29) is 6.10 Å². The lowest BCUT2D eigenvalue weighted by Crippen LogP contribution is -2.26. The minimum absolute atomic E-state index is 0.134. The molecule has 1 N–H and O–H groups in total. The van der Waals surface area contributed by atoms with Gasteiger partial charge in [-0.3, -0.25) is 0 Å². The number of aliphatic hydroxyl groups excluding tert-OH is 1. The van der Waals surface area contributed by atoms with Crippen LogP contribution >= 0.6 is 0 Å². The molecule has 1 rings (SSSR count). The van der Waals surface area contributed by atoms with Crippen molar-refractivity contribution in [3.63, 3.8) is 0 Å². The second kappa shape index (κ2) is 2.64. The Morgan fingerprint density at radius 2 is 2.33 bits per heavy atom. The van der Waals surface area contributed by atoms with Crippen molar-refractivity contribution in [2.45, 2.75) is 19.3 Å². The molecule has 1 heterocycles. The van der Waals surface area contributed by atoms with E-state index in [9.17, 15) is 0 Å². The molecule has 1 aliphatic rings. The van der Waals surface area contributed by atoms with Crippen molar-refractivity contribution in [3.8, 4) is 0 Å². The number of rotatable bonds is 1. The first-order valence-corrected chi connectivity index (χ1v) is 3.08. The predicted molar refractivity (Wildman–Crippen MR) is 31.9 cm³/mol. The number of hydrogen-bond acceptors (Lipinski definition) is 3. The first-order chi connectivity index (χ1) is 4.25. The molecule has 3 atom stereocenters. The first-order valence-electron chi connectivity index (χ1n) is 3.08. The topological polar surface area (TPSA) is 38.7 Å². The fourth-order valence-electron chi connectivity index (χ4n) is 1.07. The van der Waals surface area contributed by atoms with Gasteiger partial charge in [0, 0.05) is 13.0 Å². The molecule has 0 amide bonds. The van der Waals surface area contributed by atoms with E-state index in [2.05, 4.69) is 0 Å². The molecule has 0 saturated carbocycles. The molecule has 3 nitrogen and oxygen atoms in total. The predicted octanol–water partition coefficient (Wildman–Crippen LogP) is -0.0139. The van der Waals surface area contributed by atoms with Gasteiger partial charge in [0.1, 0.15) is 6.10 Å². The second-order valence-corrected chi connectivity index (χ2v) is 2.40. The van der Waals surface area contributed by atoms with Gasteiger partial charge in [0.15, 0.2) is 6.29 Å². The van der Waals surface area contributed by atoms with Gasteiger partial charge in [0.05, 0.1) is 6.61 Å². The van der Waals surface area contributed by atoms with E-state index in [0.29, 0.717) is 12.5 Å². The van der Waals surface area contributed by atoms with E-state index < -0.39 is 6.29 Å². The third-order valence-corrected chi connectivity index (χ3v) is 1.64. The molecule has 0 aromatic heterocycles. The van der Waals surface area contributed by atoms with Gasteiger partial charge < -0.3 is 14.6 Å². The van der Waals surface area contributed by atoms with Crippen molar-refractivity contribution in [3.05, 3.63) is 0 Å². The summed E-state index contributed by atoms with van der Waals surface area (Å²) in [4.78, 5) is 0. The van der Waals surface area contributed by atoms with Crippen molar-refractivity contribution in [2.75, 3.05) is 13.7 Å². The van der Waals surface area contributed by atoms with Gasteiger partial charge in [0.2, 0.25) is 0 Å². The summed E-state index contributed by atoms with van der Waals surface area (Å²) in [7, 11) is 1.58. The first kappa shape index (κ1) is 6.99. The molecule has 3 heteroatoms. The SMILES string of the molecule is CO[C@H]1C(O)OC[C@@H]1C. The quantitative estimate of drug-likeness (QED) is 0.545. The molecule has 1 saturated heterocycles. The molecule has 0 bridgehead atoms. The maximum absolute atomic E-state index is 9.01. The smallest absolute Gasteiger partial charge is 0.181 e. The Morgan fingerprint density at radius 3 is 2.56 bits per heavy atom. The Bertz CT molecular complexity index is 84.3. The lowest BCUT2D eigenvalue weighted by molar-refractivity contribution is -0.119. The molecule has 54 valence electrons. The average molecular weight is 132 g/mol. The Balaban J connectivity index is 2.44. The number of methoxy groups -OCH3 is 1. The third-order valence-electron chi connectivity index (χ3n) is 1.64. The highest BCUT2D eigenvalue weighted by molar-refractivity contribution is 4.74. The Hall–Kier alpha value is -0.120. The van der Waals surface area contributed by atoms with Crippen molar-refractivity contribution in [2.24, 2.45) is 5.92 Å². The molecule has 0 aliphatic carbocycles. The molecule has 1 unspecified atom stereocenters. The summed E-state index contributed by atoms with van der Waals surface area (Å²) in [6.45, 7) is 2.59. The van der Waals surface area contributed by atoms with Crippen molar-refractivity contribution < 1.29 is 14.6 Å². The van der Waals surface area contributed by atoms with Crippen LogP contribution in [-0.2, 0) is 9.47 Å². The molecule has 1 fully saturated rings. The Kier molecular flexibility index (Phi) is 2.05. The molecular weight excluding hydrogens is 120 g/mol. The van der Waals surface area contributed by atoms with Gasteiger partial charge in [-0.2, -0.15) is 0 Å². The summed E-state index contributed by atoms with van der Waals surface area (Å²) in [5.74, 6) is 0.310. The highest BCUT2D eigenvalue weighted by Crippen LogP contribution is 2.19. The summed E-state index contributed by atoms with van der Waals surface area (Å²) >= 11 is 0. The third kappa shape index (κ3) is 1.23. The van der Waals surface area contributed by atoms with Gasteiger partial charge in [0.25, 0.3) is 0 Å². The highest BCUT2D eigenvalue weighted by Gasteiger charge is 2.32. The summed E-state index contributed by atoms with van der Waals surface area (Å²) in [6.07, 6.45) is -0.852. The molecule has 0 aromatic rings. The van der Waals surface area contributed by atoms with E-state index in [1.807, 2.05) is 6.92 Å². The van der Waals surface area contributed by atoms with Crippen LogP contribution in [0, 0.1) is 5.92 Å². The molecular formula is C6H12O3. The highest BCUT2D eigenvalue weighted by atomic mass is 16.6. The standard InChI is InChI=1S/C6H12O3/c1-4-3-9-6(7)5(4)8-2/h4-7H,3H2,1-2H3/t4-,5+,6?/m0/s1. The summed E-state index contributed by atoms with van der Waals surface area (Å²) in [5.41, 5.74) is 0. The van der Waals surface area contributed by atoms with Gasteiger partial charge in [-0.15, -0.1) is 0 Å². The van der Waals surface area contributed by atoms with Gasteiger partial charge >= 0.3 is 0 Å². The summed E-state index contributed by atoms with van der Waals surface area (Å²) in [6, 6.07) is 0. The molecule has 1 aliphatic heterocycles. The Labute approximate surface area is 54.6 Å². The van der Waals surface area contributed by atoms with E-state index >= 15 is 0 Å². The van der Waals surface area contributed by atoms with Crippen LogP contribution in [-0.4, -0.2) is 31.2 Å². The van der Waals surface area contributed by atoms with Crippen molar-refractivity contribution in [1.29, 1.82) is 0 Å². The Morgan fingerprint density at radius 1 is 1.67 bits per heavy atom. The van der Waals surface area contributed by atoms with Crippen LogP contribution in [0.25, 0.3) is 0 Å².